The van der Waals surface area contributed by atoms with Crippen molar-refractivity contribution in [3.8, 4) is 0 Å². The molecule has 1 aromatic carbocycles. The first-order chi connectivity index (χ1) is 6.59. The van der Waals surface area contributed by atoms with Gasteiger partial charge in [-0.25, -0.2) is 0 Å². The molecule has 0 amide bonds. The Morgan fingerprint density at radius 1 is 1.40 bits per heavy atom. The average Bonchev–Trinajstić information content (AvgIpc) is 2.08. The van der Waals surface area contributed by atoms with Crippen LogP contribution < -0.4 is 17.7 Å². The van der Waals surface area contributed by atoms with Crippen LogP contribution in [0.5, 0.6) is 0 Å². The second-order valence-corrected chi connectivity index (χ2v) is 4.06. The third-order valence-corrected chi connectivity index (χ3v) is 2.36. The lowest BCUT2D eigenvalue weighted by atomic mass is 10.2. The summed E-state index contributed by atoms with van der Waals surface area (Å²) < 4.78 is 0. The summed E-state index contributed by atoms with van der Waals surface area (Å²) in [6.45, 7) is 2.93. The van der Waals surface area contributed by atoms with Gasteiger partial charge in [0.1, 0.15) is 0 Å². The van der Waals surface area contributed by atoms with Gasteiger partial charge in [-0.1, -0.05) is 29.3 Å². The number of nitrogens with one attached hydrogen (secondary N) is 1. The first-order valence-electron chi connectivity index (χ1n) is 4.42. The highest BCUT2D eigenvalue weighted by molar-refractivity contribution is 6.35. The minimum absolute atomic E-state index is 0. The highest BCUT2D eigenvalue weighted by Gasteiger charge is 2.01. The van der Waals surface area contributed by atoms with Crippen molar-refractivity contribution < 1.29 is 17.5 Å². The molecule has 0 fully saturated rings. The maximum absolute atomic E-state index is 9.03. The zero-order valence-corrected chi connectivity index (χ0v) is 10.6. The summed E-state index contributed by atoms with van der Waals surface area (Å²) in [4.78, 5) is 0. The van der Waals surface area contributed by atoms with Crippen molar-refractivity contribution in [3.63, 3.8) is 0 Å². The van der Waals surface area contributed by atoms with E-state index in [1.165, 1.54) is 0 Å². The van der Waals surface area contributed by atoms with Gasteiger partial charge in [-0.05, 0) is 24.6 Å². The minimum atomic E-state index is -0.346. The van der Waals surface area contributed by atoms with E-state index in [0.717, 1.165) is 5.56 Å². The Hall–Kier alpha value is 0.01000. The molecule has 0 saturated carbocycles. The Morgan fingerprint density at radius 3 is 2.60 bits per heavy atom. The standard InChI is InChI=1S/C10H13Cl2NO.ClH/c1-7(14)5-13-6-8-2-3-9(11)4-10(8)12;/h2-4,7,13-14H,5-6H2,1H3;1H/p-1. The van der Waals surface area contributed by atoms with Crippen LogP contribution in [0.1, 0.15) is 12.5 Å². The fourth-order valence-electron chi connectivity index (χ4n) is 1.08. The van der Waals surface area contributed by atoms with Crippen LogP contribution in [-0.4, -0.2) is 17.8 Å². The summed E-state index contributed by atoms with van der Waals surface area (Å²) in [6, 6.07) is 5.38. The summed E-state index contributed by atoms with van der Waals surface area (Å²) in [7, 11) is 0. The van der Waals surface area contributed by atoms with Crippen LogP contribution in [0, 0.1) is 0 Å². The van der Waals surface area contributed by atoms with E-state index in [1.807, 2.05) is 6.07 Å². The van der Waals surface area contributed by atoms with E-state index in [-0.39, 0.29) is 18.5 Å². The number of halogens is 3. The third kappa shape index (κ3) is 5.59. The number of aliphatic hydroxyl groups excluding tert-OH is 1. The molecule has 2 N–H and O–H groups in total. The molecule has 15 heavy (non-hydrogen) atoms. The van der Waals surface area contributed by atoms with Crippen molar-refractivity contribution in [1.82, 2.24) is 5.32 Å². The van der Waals surface area contributed by atoms with Crippen LogP contribution in [0.15, 0.2) is 18.2 Å². The Bertz CT molecular complexity index is 305. The van der Waals surface area contributed by atoms with Crippen LogP contribution in [0.4, 0.5) is 0 Å². The highest BCUT2D eigenvalue weighted by Crippen LogP contribution is 2.20. The molecule has 2 nitrogen and oxygen atoms in total. The molecule has 0 aliphatic heterocycles. The topological polar surface area (TPSA) is 32.3 Å². The summed E-state index contributed by atoms with van der Waals surface area (Å²) in [6.07, 6.45) is -0.346. The number of aliphatic hydroxyl groups is 1. The van der Waals surface area contributed by atoms with Crippen molar-refractivity contribution >= 4 is 23.2 Å². The smallest absolute Gasteiger partial charge is 0.0636 e. The molecule has 1 rings (SSSR count). The first-order valence-corrected chi connectivity index (χ1v) is 5.18. The van der Waals surface area contributed by atoms with E-state index >= 15 is 0 Å². The lowest BCUT2D eigenvalue weighted by Crippen LogP contribution is -3.00. The van der Waals surface area contributed by atoms with E-state index in [4.69, 9.17) is 28.3 Å². The van der Waals surface area contributed by atoms with E-state index < -0.39 is 0 Å². The van der Waals surface area contributed by atoms with Crippen LogP contribution >= 0.6 is 23.2 Å². The molecule has 1 atom stereocenters. The molecule has 0 heterocycles. The SMILES string of the molecule is CC(O)CNCc1ccc(Cl)cc1Cl.[Cl-]. The van der Waals surface area contributed by atoms with E-state index in [0.29, 0.717) is 23.1 Å². The van der Waals surface area contributed by atoms with Gasteiger partial charge in [-0.3, -0.25) is 0 Å². The largest absolute Gasteiger partial charge is 1.00 e. The Morgan fingerprint density at radius 2 is 2.07 bits per heavy atom. The van der Waals surface area contributed by atoms with Gasteiger partial charge in [0.25, 0.3) is 0 Å². The second-order valence-electron chi connectivity index (χ2n) is 3.22. The van der Waals surface area contributed by atoms with E-state index in [1.54, 1.807) is 19.1 Å². The van der Waals surface area contributed by atoms with Gasteiger partial charge < -0.3 is 22.8 Å². The molecular weight excluding hydrogens is 256 g/mol. The van der Waals surface area contributed by atoms with Gasteiger partial charge in [-0.15, -0.1) is 0 Å². The monoisotopic (exact) mass is 268 g/mol. The summed E-state index contributed by atoms with van der Waals surface area (Å²) >= 11 is 11.7. The fourth-order valence-corrected chi connectivity index (χ4v) is 1.56. The van der Waals surface area contributed by atoms with Crippen LogP contribution in [0.25, 0.3) is 0 Å². The van der Waals surface area contributed by atoms with Gasteiger partial charge in [-0.2, -0.15) is 0 Å². The van der Waals surface area contributed by atoms with Gasteiger partial charge in [0.15, 0.2) is 0 Å². The van der Waals surface area contributed by atoms with Crippen LogP contribution in [0.3, 0.4) is 0 Å². The number of benzene rings is 1. The van der Waals surface area contributed by atoms with Gasteiger partial charge in [0.2, 0.25) is 0 Å². The molecule has 5 heteroatoms. The quantitative estimate of drug-likeness (QED) is 0.770. The molecule has 0 saturated heterocycles. The van der Waals surface area contributed by atoms with Crippen molar-refractivity contribution in [2.24, 2.45) is 0 Å². The number of rotatable bonds is 4. The van der Waals surface area contributed by atoms with Crippen molar-refractivity contribution in [1.29, 1.82) is 0 Å². The van der Waals surface area contributed by atoms with Crippen LogP contribution in [-0.2, 0) is 6.54 Å². The lowest BCUT2D eigenvalue weighted by molar-refractivity contribution is -0.00000496. The van der Waals surface area contributed by atoms with E-state index in [9.17, 15) is 0 Å². The molecule has 0 aliphatic rings. The average molecular weight is 270 g/mol. The zero-order chi connectivity index (χ0) is 10.6. The van der Waals surface area contributed by atoms with Gasteiger partial charge in [0.05, 0.1) is 6.10 Å². The molecule has 0 aliphatic carbocycles. The molecule has 0 spiro atoms. The summed E-state index contributed by atoms with van der Waals surface area (Å²) in [5.74, 6) is 0. The molecule has 1 aromatic rings. The molecule has 1 unspecified atom stereocenters. The molecular formula is C10H13Cl3NO-. The van der Waals surface area contributed by atoms with Gasteiger partial charge >= 0.3 is 0 Å². The minimum Gasteiger partial charge on any atom is -1.00 e. The van der Waals surface area contributed by atoms with Crippen LogP contribution in [0.2, 0.25) is 10.0 Å². The van der Waals surface area contributed by atoms with Crippen molar-refractivity contribution in [2.45, 2.75) is 19.6 Å². The Labute approximate surface area is 106 Å². The number of hydrogen-bond acceptors (Lipinski definition) is 2. The second kappa shape index (κ2) is 7.31. The Balaban J connectivity index is 0.00000196. The molecule has 86 valence electrons. The van der Waals surface area contributed by atoms with Crippen molar-refractivity contribution in [3.05, 3.63) is 33.8 Å². The van der Waals surface area contributed by atoms with E-state index in [2.05, 4.69) is 5.32 Å². The normalized spacial score (nSPS) is 12.0. The molecule has 0 bridgehead atoms. The lowest BCUT2D eigenvalue weighted by Gasteiger charge is -2.08. The predicted molar refractivity (Wildman–Crippen MR) is 59.8 cm³/mol. The first kappa shape index (κ1) is 15.0. The summed E-state index contributed by atoms with van der Waals surface area (Å²) in [5, 5.41) is 13.4. The molecule has 0 aromatic heterocycles. The summed E-state index contributed by atoms with van der Waals surface area (Å²) in [5.41, 5.74) is 0.983. The maximum Gasteiger partial charge on any atom is 0.0636 e. The highest BCUT2D eigenvalue weighted by atomic mass is 35.5. The third-order valence-electron chi connectivity index (χ3n) is 1.77. The molecule has 0 radical (unpaired) electrons. The predicted octanol–water partition coefficient (Wildman–Crippen LogP) is -0.532. The number of hydrogen-bond donors (Lipinski definition) is 2. The fraction of sp³-hybridized carbons (Fsp3) is 0.400. The zero-order valence-electron chi connectivity index (χ0n) is 8.30. The van der Waals surface area contributed by atoms with Crippen molar-refractivity contribution in [2.75, 3.05) is 6.54 Å². The van der Waals surface area contributed by atoms with Gasteiger partial charge in [0, 0.05) is 23.1 Å². The Kier molecular flexibility index (Phi) is 7.32. The maximum atomic E-state index is 9.03.